The first kappa shape index (κ1) is 20.4. The lowest BCUT2D eigenvalue weighted by Crippen LogP contribution is -2.49. The fourth-order valence-electron chi connectivity index (χ4n) is 5.80. The molecule has 1 aliphatic heterocycles. The van der Waals surface area contributed by atoms with E-state index in [0.29, 0.717) is 0 Å². The second-order valence-corrected chi connectivity index (χ2v) is 8.93. The van der Waals surface area contributed by atoms with Gasteiger partial charge >= 0.3 is 0 Å². The molecule has 164 valence electrons. The maximum Gasteiger partial charge on any atom is 0.271 e. The van der Waals surface area contributed by atoms with Gasteiger partial charge in [-0.2, -0.15) is 0 Å². The van der Waals surface area contributed by atoms with E-state index in [-0.39, 0.29) is 53.3 Å². The molecule has 5 atom stereocenters. The Hall–Kier alpha value is -3.55. The van der Waals surface area contributed by atoms with Gasteiger partial charge in [0.05, 0.1) is 16.8 Å². The third-order valence-corrected chi connectivity index (χ3v) is 7.17. The van der Waals surface area contributed by atoms with Crippen molar-refractivity contribution in [3.63, 3.8) is 0 Å². The van der Waals surface area contributed by atoms with E-state index < -0.39 is 16.9 Å². The number of rotatable bonds is 6. The van der Waals surface area contributed by atoms with Crippen molar-refractivity contribution in [1.82, 2.24) is 4.90 Å². The Bertz CT molecular complexity index is 1070. The molecule has 2 aliphatic carbocycles. The van der Waals surface area contributed by atoms with Crippen LogP contribution in [0.3, 0.4) is 0 Å². The number of amides is 3. The van der Waals surface area contributed by atoms with E-state index in [1.165, 1.54) is 23.1 Å². The highest BCUT2D eigenvalue weighted by atomic mass is 16.6. The molecule has 32 heavy (non-hydrogen) atoms. The number of non-ortho nitro benzene ring substituents is 1. The summed E-state index contributed by atoms with van der Waals surface area (Å²) < 4.78 is 0. The van der Waals surface area contributed by atoms with E-state index in [2.05, 4.69) is 5.32 Å². The van der Waals surface area contributed by atoms with Crippen LogP contribution < -0.4 is 5.32 Å². The Morgan fingerprint density at radius 3 is 2.31 bits per heavy atom. The highest BCUT2D eigenvalue weighted by Crippen LogP contribution is 2.56. The van der Waals surface area contributed by atoms with Gasteiger partial charge < -0.3 is 5.32 Å². The number of nitrogens with zero attached hydrogens (tertiary/aromatic N) is 2. The topological polar surface area (TPSA) is 110 Å². The van der Waals surface area contributed by atoms with E-state index >= 15 is 0 Å². The van der Waals surface area contributed by atoms with Gasteiger partial charge in [0, 0.05) is 24.2 Å². The molecular weight excluding hydrogens is 410 g/mol. The van der Waals surface area contributed by atoms with E-state index in [9.17, 15) is 24.5 Å². The number of imide groups is 1. The molecule has 2 bridgehead atoms. The van der Waals surface area contributed by atoms with Gasteiger partial charge in [-0.3, -0.25) is 29.4 Å². The normalized spacial score (nSPS) is 26.8. The van der Waals surface area contributed by atoms with E-state index in [1.54, 1.807) is 6.07 Å². The van der Waals surface area contributed by atoms with Crippen molar-refractivity contribution >= 4 is 29.1 Å². The fourth-order valence-corrected chi connectivity index (χ4v) is 5.80. The van der Waals surface area contributed by atoms with Gasteiger partial charge in [0.25, 0.3) is 5.69 Å². The van der Waals surface area contributed by atoms with E-state index in [0.717, 1.165) is 24.8 Å². The number of hydrogen-bond acceptors (Lipinski definition) is 5. The van der Waals surface area contributed by atoms with Crippen molar-refractivity contribution in [3.05, 3.63) is 70.3 Å². The first-order valence-corrected chi connectivity index (χ1v) is 10.9. The highest BCUT2D eigenvalue weighted by molar-refractivity contribution is 6.10. The Labute approximate surface area is 184 Å². The minimum atomic E-state index is -1.01. The highest BCUT2D eigenvalue weighted by Gasteiger charge is 2.62. The molecule has 5 rings (SSSR count). The second-order valence-electron chi connectivity index (χ2n) is 8.93. The van der Waals surface area contributed by atoms with Crippen LogP contribution in [0.2, 0.25) is 0 Å². The summed E-state index contributed by atoms with van der Waals surface area (Å²) in [5, 5.41) is 13.8. The molecule has 2 aromatic rings. The Morgan fingerprint density at radius 2 is 1.69 bits per heavy atom. The monoisotopic (exact) mass is 433 g/mol. The first-order chi connectivity index (χ1) is 15.4. The Balaban J connectivity index is 1.45. The number of anilines is 1. The summed E-state index contributed by atoms with van der Waals surface area (Å²) in [5.74, 6) is -1.20. The van der Waals surface area contributed by atoms with Crippen molar-refractivity contribution in [2.45, 2.75) is 31.7 Å². The lowest BCUT2D eigenvalue weighted by molar-refractivity contribution is -0.384. The molecule has 3 aliphatic rings. The van der Waals surface area contributed by atoms with E-state index in [1.807, 2.05) is 30.3 Å². The van der Waals surface area contributed by atoms with Crippen LogP contribution >= 0.6 is 0 Å². The third-order valence-electron chi connectivity index (χ3n) is 7.17. The molecule has 0 aromatic heterocycles. The Kier molecular flexibility index (Phi) is 5.00. The molecule has 3 fully saturated rings. The number of benzene rings is 2. The smallest absolute Gasteiger partial charge is 0.271 e. The first-order valence-electron chi connectivity index (χ1n) is 10.9. The molecular formula is C24H23N3O5. The van der Waals surface area contributed by atoms with Crippen LogP contribution in [0.4, 0.5) is 11.4 Å². The standard InChI is InChI=1S/C24H23N3O5/c28-22(25-17-7-4-8-18(13-17)27(31)32)19(11-14-5-2-1-3-6-14)26-23(29)20-15-9-10-16(12-15)21(20)24(26)30/h1-8,13,15-16,19-21H,9-12H2,(H,25,28)/t15-,16+,19-,20-,21-/m0/s1. The summed E-state index contributed by atoms with van der Waals surface area (Å²) in [6, 6.07) is 13.9. The molecule has 8 heteroatoms. The minimum absolute atomic E-state index is 0.151. The van der Waals surface area contributed by atoms with Crippen molar-refractivity contribution < 1.29 is 19.3 Å². The number of nitrogens with one attached hydrogen (secondary N) is 1. The summed E-state index contributed by atoms with van der Waals surface area (Å²) in [7, 11) is 0. The average molecular weight is 433 g/mol. The summed E-state index contributed by atoms with van der Waals surface area (Å²) in [5.41, 5.74) is 0.927. The number of nitro groups is 1. The summed E-state index contributed by atoms with van der Waals surface area (Å²) in [4.78, 5) is 51.8. The van der Waals surface area contributed by atoms with Gasteiger partial charge in [0.2, 0.25) is 17.7 Å². The summed E-state index contributed by atoms with van der Waals surface area (Å²) in [6.07, 6.45) is 3.03. The van der Waals surface area contributed by atoms with E-state index in [4.69, 9.17) is 0 Å². The number of hydrogen-bond donors (Lipinski definition) is 1. The molecule has 1 saturated heterocycles. The predicted octanol–water partition coefficient (Wildman–Crippen LogP) is 3.18. The van der Waals surface area contributed by atoms with Crippen molar-refractivity contribution in [2.24, 2.45) is 23.7 Å². The lowest BCUT2D eigenvalue weighted by atomic mass is 9.81. The predicted molar refractivity (Wildman–Crippen MR) is 115 cm³/mol. The second kappa shape index (κ2) is 7.85. The maximum atomic E-state index is 13.4. The minimum Gasteiger partial charge on any atom is -0.324 e. The summed E-state index contributed by atoms with van der Waals surface area (Å²) in [6.45, 7) is 0. The van der Waals surface area contributed by atoms with Crippen LogP contribution in [0.25, 0.3) is 0 Å². The van der Waals surface area contributed by atoms with Crippen LogP contribution in [-0.4, -0.2) is 33.6 Å². The molecule has 1 N–H and O–H groups in total. The number of nitro benzene ring substituents is 1. The molecule has 1 heterocycles. The van der Waals surface area contributed by atoms with Crippen LogP contribution in [-0.2, 0) is 20.8 Å². The molecule has 8 nitrogen and oxygen atoms in total. The van der Waals surface area contributed by atoms with Crippen LogP contribution in [0.5, 0.6) is 0 Å². The molecule has 0 unspecified atom stereocenters. The molecule has 2 saturated carbocycles. The van der Waals surface area contributed by atoms with Gasteiger partial charge in [-0.1, -0.05) is 36.4 Å². The van der Waals surface area contributed by atoms with Crippen LogP contribution in [0.1, 0.15) is 24.8 Å². The zero-order chi connectivity index (χ0) is 22.4. The van der Waals surface area contributed by atoms with Crippen LogP contribution in [0.15, 0.2) is 54.6 Å². The van der Waals surface area contributed by atoms with Crippen molar-refractivity contribution in [3.8, 4) is 0 Å². The van der Waals surface area contributed by atoms with Gasteiger partial charge in [0.15, 0.2) is 0 Å². The fraction of sp³-hybridized carbons (Fsp3) is 0.375. The number of fused-ring (bicyclic) bond motifs is 5. The molecule has 2 aromatic carbocycles. The van der Waals surface area contributed by atoms with Gasteiger partial charge in [-0.05, 0) is 42.7 Å². The Morgan fingerprint density at radius 1 is 1.03 bits per heavy atom. The zero-order valence-electron chi connectivity index (χ0n) is 17.3. The molecule has 3 amide bonds. The quantitative estimate of drug-likeness (QED) is 0.427. The average Bonchev–Trinajstić information content (AvgIpc) is 3.47. The van der Waals surface area contributed by atoms with Gasteiger partial charge in [0.1, 0.15) is 6.04 Å². The molecule has 0 radical (unpaired) electrons. The number of carbonyl (C=O) groups is 3. The largest absolute Gasteiger partial charge is 0.324 e. The third kappa shape index (κ3) is 3.36. The lowest BCUT2D eigenvalue weighted by Gasteiger charge is -2.27. The maximum absolute atomic E-state index is 13.4. The van der Waals surface area contributed by atoms with Gasteiger partial charge in [-0.25, -0.2) is 0 Å². The van der Waals surface area contributed by atoms with Crippen molar-refractivity contribution in [2.75, 3.05) is 5.32 Å². The summed E-state index contributed by atoms with van der Waals surface area (Å²) >= 11 is 0. The SMILES string of the molecule is O=C(Nc1cccc([N+](=O)[O-])c1)[C@H](Cc1ccccc1)N1C(=O)[C@H]2[C@@H]3CC[C@@H](C3)[C@@H]2C1=O. The zero-order valence-corrected chi connectivity index (χ0v) is 17.3. The number of likely N-dealkylation sites (tertiary alicyclic amines) is 1. The molecule has 0 spiro atoms. The van der Waals surface area contributed by atoms with Crippen molar-refractivity contribution in [1.29, 1.82) is 0 Å². The van der Waals surface area contributed by atoms with Crippen LogP contribution in [0, 0.1) is 33.8 Å². The number of carbonyl (C=O) groups excluding carboxylic acids is 3. The van der Waals surface area contributed by atoms with Gasteiger partial charge in [-0.15, -0.1) is 0 Å².